The summed E-state index contributed by atoms with van der Waals surface area (Å²) in [6.45, 7) is 7.79. The van der Waals surface area contributed by atoms with Crippen molar-refractivity contribution in [3.8, 4) is 11.5 Å². The van der Waals surface area contributed by atoms with Crippen molar-refractivity contribution in [1.29, 1.82) is 0 Å². The Balaban J connectivity index is 1.97. The fourth-order valence-electron chi connectivity index (χ4n) is 4.31. The van der Waals surface area contributed by atoms with E-state index in [9.17, 15) is 14.7 Å². The number of amides is 1. The van der Waals surface area contributed by atoms with Crippen LogP contribution in [0.1, 0.15) is 42.1 Å². The largest absolute Gasteiger partial charge is 0.507 e. The van der Waals surface area contributed by atoms with Gasteiger partial charge in [0.25, 0.3) is 11.7 Å². The van der Waals surface area contributed by atoms with Gasteiger partial charge in [-0.2, -0.15) is 0 Å². The molecule has 0 radical (unpaired) electrons. The van der Waals surface area contributed by atoms with E-state index < -0.39 is 17.7 Å². The van der Waals surface area contributed by atoms with E-state index in [0.29, 0.717) is 28.3 Å². The average Bonchev–Trinajstić information content (AvgIpc) is 3.10. The number of nitrogens with zero attached hydrogens (tertiary/aromatic N) is 1. The topological polar surface area (TPSA) is 76.1 Å². The summed E-state index contributed by atoms with van der Waals surface area (Å²) in [5.41, 5.74) is 3.63. The van der Waals surface area contributed by atoms with Gasteiger partial charge in [0.1, 0.15) is 17.3 Å². The number of para-hydroxylation sites is 1. The number of aliphatic hydroxyl groups excluding tert-OH is 1. The highest BCUT2D eigenvalue weighted by atomic mass is 16.5. The summed E-state index contributed by atoms with van der Waals surface area (Å²) in [5, 5.41) is 11.4. The van der Waals surface area contributed by atoms with Gasteiger partial charge in [0.05, 0.1) is 30.4 Å². The second-order valence-corrected chi connectivity index (χ2v) is 8.88. The Morgan fingerprint density at radius 1 is 0.943 bits per heavy atom. The molecule has 1 atom stereocenters. The third-order valence-corrected chi connectivity index (χ3v) is 6.12. The Labute approximate surface area is 205 Å². The van der Waals surface area contributed by atoms with Crippen molar-refractivity contribution in [2.24, 2.45) is 0 Å². The monoisotopic (exact) mass is 471 g/mol. The number of rotatable bonds is 6. The number of methoxy groups -OCH3 is 1. The van der Waals surface area contributed by atoms with Crippen LogP contribution in [0.4, 0.5) is 5.69 Å². The molecule has 1 aliphatic rings. The number of ether oxygens (including phenoxy) is 2. The zero-order valence-corrected chi connectivity index (χ0v) is 20.5. The van der Waals surface area contributed by atoms with Gasteiger partial charge in [-0.3, -0.25) is 14.5 Å². The summed E-state index contributed by atoms with van der Waals surface area (Å²) in [5.74, 6) is -0.734. The number of Topliss-reactive ketones (excluding diaryl/α,β-unsaturated/α-hetero) is 1. The van der Waals surface area contributed by atoms with Crippen LogP contribution in [0.25, 0.3) is 5.76 Å². The van der Waals surface area contributed by atoms with Crippen LogP contribution in [0.3, 0.4) is 0 Å². The maximum atomic E-state index is 13.4. The van der Waals surface area contributed by atoms with E-state index in [1.54, 1.807) is 30.3 Å². The van der Waals surface area contributed by atoms with Crippen LogP contribution in [0.15, 0.2) is 72.3 Å². The third kappa shape index (κ3) is 4.52. The number of benzene rings is 3. The summed E-state index contributed by atoms with van der Waals surface area (Å²) < 4.78 is 11.3. The fourth-order valence-corrected chi connectivity index (χ4v) is 4.31. The van der Waals surface area contributed by atoms with Crippen molar-refractivity contribution in [3.05, 3.63) is 94.6 Å². The van der Waals surface area contributed by atoms with Crippen molar-refractivity contribution >= 4 is 23.1 Å². The number of hydrogen-bond donors (Lipinski definition) is 1. The van der Waals surface area contributed by atoms with Crippen molar-refractivity contribution in [1.82, 2.24) is 0 Å². The molecule has 3 aromatic rings. The normalized spacial score (nSPS) is 17.2. The van der Waals surface area contributed by atoms with Gasteiger partial charge in [0.2, 0.25) is 0 Å². The lowest BCUT2D eigenvalue weighted by atomic mass is 9.94. The zero-order valence-electron chi connectivity index (χ0n) is 20.5. The number of carbonyl (C=O) groups excluding carboxylic acids is 2. The van der Waals surface area contributed by atoms with Crippen LogP contribution in [-0.2, 0) is 9.59 Å². The molecule has 1 aliphatic heterocycles. The Hall–Kier alpha value is -4.06. The van der Waals surface area contributed by atoms with E-state index in [1.165, 1.54) is 12.0 Å². The average molecular weight is 472 g/mol. The molecule has 180 valence electrons. The fraction of sp³-hybridized carbons (Fsp3) is 0.241. The van der Waals surface area contributed by atoms with E-state index in [-0.39, 0.29) is 17.4 Å². The lowest BCUT2D eigenvalue weighted by Crippen LogP contribution is -2.29. The molecular formula is C29H29NO5. The maximum Gasteiger partial charge on any atom is 0.300 e. The molecule has 0 spiro atoms. The summed E-state index contributed by atoms with van der Waals surface area (Å²) in [6.07, 6.45) is -0.0510. The SMILES string of the molecule is COc1ccccc1/C(O)=C1\C(=O)C(=O)N(c2ccc(C)c(C)c2)C1c1cccc(OC(C)C)c1. The molecule has 3 aromatic carbocycles. The van der Waals surface area contributed by atoms with Gasteiger partial charge in [-0.05, 0) is 80.8 Å². The first kappa shape index (κ1) is 24.1. The van der Waals surface area contributed by atoms with E-state index in [2.05, 4.69) is 0 Å². The summed E-state index contributed by atoms with van der Waals surface area (Å²) in [6, 6.07) is 18.9. The van der Waals surface area contributed by atoms with Crippen LogP contribution in [-0.4, -0.2) is 30.0 Å². The van der Waals surface area contributed by atoms with Crippen LogP contribution in [0.2, 0.25) is 0 Å². The molecule has 0 bridgehead atoms. The minimum atomic E-state index is -0.849. The highest BCUT2D eigenvalue weighted by Gasteiger charge is 2.47. The van der Waals surface area contributed by atoms with Crippen molar-refractivity contribution in [2.75, 3.05) is 12.0 Å². The van der Waals surface area contributed by atoms with E-state index in [1.807, 2.05) is 64.1 Å². The quantitative estimate of drug-likeness (QED) is 0.282. The molecule has 1 unspecified atom stereocenters. The molecular weight excluding hydrogens is 442 g/mol. The predicted octanol–water partition coefficient (Wildman–Crippen LogP) is 5.73. The van der Waals surface area contributed by atoms with Crippen LogP contribution in [0.5, 0.6) is 11.5 Å². The minimum Gasteiger partial charge on any atom is -0.507 e. The Morgan fingerprint density at radius 3 is 2.37 bits per heavy atom. The highest BCUT2D eigenvalue weighted by molar-refractivity contribution is 6.51. The van der Waals surface area contributed by atoms with Crippen molar-refractivity contribution in [3.63, 3.8) is 0 Å². The van der Waals surface area contributed by atoms with Gasteiger partial charge in [-0.15, -0.1) is 0 Å². The van der Waals surface area contributed by atoms with Gasteiger partial charge in [-0.1, -0.05) is 30.3 Å². The number of carbonyl (C=O) groups is 2. The molecule has 1 heterocycles. The predicted molar refractivity (Wildman–Crippen MR) is 136 cm³/mol. The summed E-state index contributed by atoms with van der Waals surface area (Å²) in [4.78, 5) is 28.3. The zero-order chi connectivity index (χ0) is 25.3. The maximum absolute atomic E-state index is 13.4. The van der Waals surface area contributed by atoms with Crippen LogP contribution >= 0.6 is 0 Å². The standard InChI is InChI=1S/C29H29NO5/c1-17(2)35-22-10-8-9-20(16-22)26-25(27(31)23-11-6-7-12-24(23)34-5)28(32)29(33)30(26)21-14-13-18(3)19(4)15-21/h6-17,26,31H,1-5H3/b27-25+. The lowest BCUT2D eigenvalue weighted by Gasteiger charge is -2.26. The van der Waals surface area contributed by atoms with E-state index in [0.717, 1.165) is 11.1 Å². The molecule has 6 nitrogen and oxygen atoms in total. The smallest absolute Gasteiger partial charge is 0.300 e. The minimum absolute atomic E-state index is 0.000532. The Morgan fingerprint density at radius 2 is 1.69 bits per heavy atom. The molecule has 6 heteroatoms. The Kier molecular flexibility index (Phi) is 6.65. The lowest BCUT2D eigenvalue weighted by molar-refractivity contribution is -0.132. The first-order valence-electron chi connectivity index (χ1n) is 11.5. The van der Waals surface area contributed by atoms with Gasteiger partial charge in [-0.25, -0.2) is 0 Å². The van der Waals surface area contributed by atoms with Crippen LogP contribution < -0.4 is 14.4 Å². The molecule has 4 rings (SSSR count). The molecule has 1 amide bonds. The first-order chi connectivity index (χ1) is 16.7. The van der Waals surface area contributed by atoms with Gasteiger partial charge in [0, 0.05) is 5.69 Å². The van der Waals surface area contributed by atoms with Crippen molar-refractivity contribution < 1.29 is 24.2 Å². The number of ketones is 1. The second kappa shape index (κ2) is 9.66. The van der Waals surface area contributed by atoms with Crippen LogP contribution in [0, 0.1) is 13.8 Å². The molecule has 0 aromatic heterocycles. The van der Waals surface area contributed by atoms with Gasteiger partial charge in [0.15, 0.2) is 0 Å². The Bertz CT molecular complexity index is 1320. The number of aliphatic hydroxyl groups is 1. The van der Waals surface area contributed by atoms with E-state index >= 15 is 0 Å². The third-order valence-electron chi connectivity index (χ3n) is 6.12. The number of hydrogen-bond acceptors (Lipinski definition) is 5. The highest BCUT2D eigenvalue weighted by Crippen LogP contribution is 2.44. The second-order valence-electron chi connectivity index (χ2n) is 8.88. The molecule has 1 N–H and O–H groups in total. The molecule has 1 fully saturated rings. The number of anilines is 1. The number of aryl methyl sites for hydroxylation is 2. The molecule has 1 saturated heterocycles. The molecule has 0 saturated carbocycles. The van der Waals surface area contributed by atoms with E-state index in [4.69, 9.17) is 9.47 Å². The summed E-state index contributed by atoms with van der Waals surface area (Å²) in [7, 11) is 1.49. The summed E-state index contributed by atoms with van der Waals surface area (Å²) >= 11 is 0. The molecule has 35 heavy (non-hydrogen) atoms. The first-order valence-corrected chi connectivity index (χ1v) is 11.5. The van der Waals surface area contributed by atoms with Gasteiger partial charge >= 0.3 is 0 Å². The molecule has 0 aliphatic carbocycles. The van der Waals surface area contributed by atoms with Crippen molar-refractivity contribution in [2.45, 2.75) is 39.8 Å². The van der Waals surface area contributed by atoms with Gasteiger partial charge < -0.3 is 14.6 Å².